The van der Waals surface area contributed by atoms with Crippen molar-refractivity contribution in [2.45, 2.75) is 25.8 Å². The van der Waals surface area contributed by atoms with Gasteiger partial charge in [0, 0.05) is 25.8 Å². The zero-order valence-electron chi connectivity index (χ0n) is 10.8. The smallest absolute Gasteiger partial charge is 0.0408 e. The Bertz CT molecular complexity index is 526. The maximum atomic E-state index is 6.04. The highest BCUT2D eigenvalue weighted by atomic mass is 79.9. The lowest BCUT2D eigenvalue weighted by molar-refractivity contribution is 0.524. The molecule has 0 bridgehead atoms. The van der Waals surface area contributed by atoms with Gasteiger partial charge in [-0.05, 0) is 59.1 Å². The first kappa shape index (κ1) is 15.0. The summed E-state index contributed by atoms with van der Waals surface area (Å²) < 4.78 is 1.17. The summed E-state index contributed by atoms with van der Waals surface area (Å²) in [4.78, 5) is 1.40. The highest BCUT2D eigenvalue weighted by Gasteiger charge is 2.11. The molecule has 0 aliphatic heterocycles. The third-order valence-corrected chi connectivity index (χ3v) is 4.89. The maximum Gasteiger partial charge on any atom is 0.0408 e. The molecule has 102 valence electrons. The molecule has 0 saturated heterocycles. The van der Waals surface area contributed by atoms with E-state index in [1.54, 1.807) is 11.3 Å². The van der Waals surface area contributed by atoms with E-state index in [0.29, 0.717) is 6.04 Å². The predicted molar refractivity (Wildman–Crippen MR) is 88.3 cm³/mol. The van der Waals surface area contributed by atoms with Crippen LogP contribution in [0.4, 0.5) is 0 Å². The van der Waals surface area contributed by atoms with Crippen molar-refractivity contribution < 1.29 is 0 Å². The van der Waals surface area contributed by atoms with Crippen molar-refractivity contribution in [1.29, 1.82) is 0 Å². The Hall–Kier alpha value is -0.350. The van der Waals surface area contributed by atoms with Crippen LogP contribution in [0.2, 0.25) is 5.02 Å². The Balaban J connectivity index is 2.03. The third kappa shape index (κ3) is 4.92. The second-order valence-electron chi connectivity index (χ2n) is 4.52. The molecule has 1 heterocycles. The molecule has 19 heavy (non-hydrogen) atoms. The van der Waals surface area contributed by atoms with E-state index in [1.165, 1.54) is 14.9 Å². The van der Waals surface area contributed by atoms with E-state index < -0.39 is 0 Å². The van der Waals surface area contributed by atoms with Gasteiger partial charge in [0.1, 0.15) is 0 Å². The van der Waals surface area contributed by atoms with E-state index >= 15 is 0 Å². The number of nitrogens with one attached hydrogen (secondary N) is 1. The molecule has 0 saturated carbocycles. The predicted octanol–water partition coefficient (Wildman–Crippen LogP) is 4.93. The lowest BCUT2D eigenvalue weighted by atomic mass is 10.0. The first-order chi connectivity index (χ1) is 9.17. The maximum absolute atomic E-state index is 6.04. The standard InChI is InChI=1S/C15H17BrClNS/c1-2-18-14(9-15-8-12(16)10-19-15)7-11-4-3-5-13(17)6-11/h3-6,8,10,14,18H,2,7,9H2,1H3. The number of benzene rings is 1. The van der Waals surface area contributed by atoms with Gasteiger partial charge in [0.2, 0.25) is 0 Å². The summed E-state index contributed by atoms with van der Waals surface area (Å²) in [5.41, 5.74) is 1.29. The molecule has 1 aromatic heterocycles. The quantitative estimate of drug-likeness (QED) is 0.772. The van der Waals surface area contributed by atoms with Gasteiger partial charge in [0.05, 0.1) is 0 Å². The molecule has 1 aromatic carbocycles. The van der Waals surface area contributed by atoms with Crippen LogP contribution >= 0.6 is 38.9 Å². The van der Waals surface area contributed by atoms with Crippen LogP contribution in [0, 0.1) is 0 Å². The molecule has 4 heteroatoms. The molecule has 1 N–H and O–H groups in total. The van der Waals surface area contributed by atoms with Crippen molar-refractivity contribution in [3.05, 3.63) is 55.6 Å². The van der Waals surface area contributed by atoms with E-state index in [1.807, 2.05) is 12.1 Å². The number of thiophene rings is 1. The summed E-state index contributed by atoms with van der Waals surface area (Å²) >= 11 is 11.4. The Kier molecular flexibility index (Phi) is 5.89. The highest BCUT2D eigenvalue weighted by molar-refractivity contribution is 9.10. The fourth-order valence-corrected chi connectivity index (χ4v) is 3.90. The average molecular weight is 359 g/mol. The second-order valence-corrected chi connectivity index (χ2v) is 6.87. The van der Waals surface area contributed by atoms with Crippen molar-refractivity contribution in [2.24, 2.45) is 0 Å². The monoisotopic (exact) mass is 357 g/mol. The van der Waals surface area contributed by atoms with Crippen LogP contribution in [0.5, 0.6) is 0 Å². The molecule has 0 aliphatic rings. The van der Waals surface area contributed by atoms with E-state index in [9.17, 15) is 0 Å². The zero-order chi connectivity index (χ0) is 13.7. The van der Waals surface area contributed by atoms with Gasteiger partial charge >= 0.3 is 0 Å². The number of hydrogen-bond acceptors (Lipinski definition) is 2. The number of hydrogen-bond donors (Lipinski definition) is 1. The molecule has 1 atom stereocenters. The van der Waals surface area contributed by atoms with Gasteiger partial charge in [-0.15, -0.1) is 11.3 Å². The summed E-state index contributed by atoms with van der Waals surface area (Å²) in [6, 6.07) is 10.8. The number of likely N-dealkylation sites (N-methyl/N-ethyl adjacent to an activating group) is 1. The van der Waals surface area contributed by atoms with Gasteiger partial charge in [-0.3, -0.25) is 0 Å². The summed E-state index contributed by atoms with van der Waals surface area (Å²) in [6.07, 6.45) is 2.06. The molecule has 0 amide bonds. The minimum atomic E-state index is 0.453. The minimum absolute atomic E-state index is 0.453. The summed E-state index contributed by atoms with van der Waals surface area (Å²) in [7, 11) is 0. The highest BCUT2D eigenvalue weighted by Crippen LogP contribution is 2.22. The van der Waals surface area contributed by atoms with E-state index in [-0.39, 0.29) is 0 Å². The first-order valence-electron chi connectivity index (χ1n) is 6.38. The first-order valence-corrected chi connectivity index (χ1v) is 8.43. The van der Waals surface area contributed by atoms with Gasteiger partial charge in [-0.2, -0.15) is 0 Å². The van der Waals surface area contributed by atoms with Crippen molar-refractivity contribution in [3.63, 3.8) is 0 Å². The average Bonchev–Trinajstić information content (AvgIpc) is 2.75. The second kappa shape index (κ2) is 7.44. The van der Waals surface area contributed by atoms with Crippen LogP contribution < -0.4 is 5.32 Å². The zero-order valence-corrected chi connectivity index (χ0v) is 14.0. The van der Waals surface area contributed by atoms with E-state index in [2.05, 4.69) is 51.7 Å². The van der Waals surface area contributed by atoms with Crippen LogP contribution in [0.25, 0.3) is 0 Å². The van der Waals surface area contributed by atoms with Crippen LogP contribution in [-0.2, 0) is 12.8 Å². The van der Waals surface area contributed by atoms with E-state index in [0.717, 1.165) is 24.4 Å². The van der Waals surface area contributed by atoms with Crippen molar-refractivity contribution >= 4 is 38.9 Å². The SMILES string of the molecule is CCNC(Cc1cccc(Cl)c1)Cc1cc(Br)cs1. The van der Waals surface area contributed by atoms with Crippen LogP contribution in [0.1, 0.15) is 17.4 Å². The number of rotatable bonds is 6. The summed E-state index contributed by atoms with van der Waals surface area (Å²) in [6.45, 7) is 3.13. The summed E-state index contributed by atoms with van der Waals surface area (Å²) in [5, 5.41) is 6.50. The summed E-state index contributed by atoms with van der Waals surface area (Å²) in [5.74, 6) is 0. The van der Waals surface area contributed by atoms with E-state index in [4.69, 9.17) is 11.6 Å². The Labute approximate surface area is 132 Å². The molecule has 0 spiro atoms. The fraction of sp³-hybridized carbons (Fsp3) is 0.333. The van der Waals surface area contributed by atoms with Gasteiger partial charge in [0.25, 0.3) is 0 Å². The van der Waals surface area contributed by atoms with Gasteiger partial charge in [0.15, 0.2) is 0 Å². The molecule has 0 aliphatic carbocycles. The minimum Gasteiger partial charge on any atom is -0.314 e. The largest absolute Gasteiger partial charge is 0.314 e. The van der Waals surface area contributed by atoms with Crippen LogP contribution in [-0.4, -0.2) is 12.6 Å². The Morgan fingerprint density at radius 3 is 2.79 bits per heavy atom. The molecule has 1 unspecified atom stereocenters. The van der Waals surface area contributed by atoms with Crippen molar-refractivity contribution in [1.82, 2.24) is 5.32 Å². The normalized spacial score (nSPS) is 12.6. The Morgan fingerprint density at radius 2 is 2.16 bits per heavy atom. The van der Waals surface area contributed by atoms with Gasteiger partial charge < -0.3 is 5.32 Å². The molecular weight excluding hydrogens is 342 g/mol. The van der Waals surface area contributed by atoms with Gasteiger partial charge in [-0.25, -0.2) is 0 Å². The van der Waals surface area contributed by atoms with Crippen molar-refractivity contribution in [2.75, 3.05) is 6.54 Å². The van der Waals surface area contributed by atoms with Crippen LogP contribution in [0.3, 0.4) is 0 Å². The number of halogens is 2. The third-order valence-electron chi connectivity index (χ3n) is 2.93. The molecule has 2 aromatic rings. The molecule has 0 fully saturated rings. The van der Waals surface area contributed by atoms with Crippen molar-refractivity contribution in [3.8, 4) is 0 Å². The molecule has 0 radical (unpaired) electrons. The fourth-order valence-electron chi connectivity index (χ4n) is 2.16. The lowest BCUT2D eigenvalue weighted by Gasteiger charge is -2.17. The lowest BCUT2D eigenvalue weighted by Crippen LogP contribution is -2.32. The molecular formula is C15H17BrClNS. The molecule has 2 rings (SSSR count). The Morgan fingerprint density at radius 1 is 1.32 bits per heavy atom. The molecule has 1 nitrogen and oxygen atoms in total. The van der Waals surface area contributed by atoms with Gasteiger partial charge in [-0.1, -0.05) is 30.7 Å². The van der Waals surface area contributed by atoms with Crippen LogP contribution in [0.15, 0.2) is 40.2 Å². The topological polar surface area (TPSA) is 12.0 Å².